The largest absolute Gasteiger partial charge is 0.481 e. The molecule has 0 fully saturated rings. The van der Waals surface area contributed by atoms with Gasteiger partial charge in [-0.2, -0.15) is 0 Å². The quantitative estimate of drug-likeness (QED) is 0.667. The number of aryl methyl sites for hydroxylation is 1. The van der Waals surface area contributed by atoms with E-state index in [9.17, 15) is 0 Å². The summed E-state index contributed by atoms with van der Waals surface area (Å²) in [6.45, 7) is 6.09. The van der Waals surface area contributed by atoms with Crippen LogP contribution in [0.1, 0.15) is 37.7 Å². The second-order valence-electron chi connectivity index (χ2n) is 3.99. The molecule has 0 atom stereocenters. The Morgan fingerprint density at radius 2 is 2.19 bits per heavy atom. The first-order valence-electron chi connectivity index (χ1n) is 7.04. The van der Waals surface area contributed by atoms with Gasteiger partial charge in [0.05, 0.1) is 19.0 Å². The zero-order chi connectivity index (χ0) is 15.7. The van der Waals surface area contributed by atoms with Crippen LogP contribution in [0.25, 0.3) is 0 Å². The summed E-state index contributed by atoms with van der Waals surface area (Å²) in [5.74, 6) is 0.581. The molecule has 2 N–H and O–H groups in total. The van der Waals surface area contributed by atoms with Crippen LogP contribution in [0.2, 0.25) is 0 Å². The molecule has 112 valence electrons. The third-order valence-electron chi connectivity index (χ3n) is 2.68. The van der Waals surface area contributed by atoms with E-state index in [-0.39, 0.29) is 5.84 Å². The zero-order valence-electron chi connectivity index (χ0n) is 13.0. The first kappa shape index (κ1) is 16.6. The number of methoxy groups -OCH3 is 1. The van der Waals surface area contributed by atoms with Crippen molar-refractivity contribution in [3.8, 4) is 5.88 Å². The summed E-state index contributed by atoms with van der Waals surface area (Å²) < 4.78 is 5.02. The standard InChI is InChI=1S/C14H16N4O.C2H6/c1-3-10-7-11(16-8-10)9-17-14(15)12-5-4-6-13(18-12)19-2;1-2/h4-9,15-16H,3H2,1-2H3;1-2H3. The van der Waals surface area contributed by atoms with Gasteiger partial charge in [-0.05, 0) is 24.1 Å². The third-order valence-corrected chi connectivity index (χ3v) is 2.68. The Bertz CT molecular complexity index is 602. The smallest absolute Gasteiger partial charge is 0.213 e. The van der Waals surface area contributed by atoms with Gasteiger partial charge in [0.1, 0.15) is 5.69 Å². The molecule has 2 aromatic rings. The molecule has 2 aromatic heterocycles. The molecule has 5 nitrogen and oxygen atoms in total. The van der Waals surface area contributed by atoms with Crippen LogP contribution in [0.4, 0.5) is 0 Å². The Morgan fingerprint density at radius 1 is 1.43 bits per heavy atom. The van der Waals surface area contributed by atoms with Gasteiger partial charge in [-0.1, -0.05) is 26.8 Å². The van der Waals surface area contributed by atoms with Gasteiger partial charge in [-0.15, -0.1) is 0 Å². The highest BCUT2D eigenvalue weighted by Gasteiger charge is 2.02. The Morgan fingerprint density at radius 3 is 2.81 bits per heavy atom. The summed E-state index contributed by atoms with van der Waals surface area (Å²) in [6.07, 6.45) is 4.54. The predicted octanol–water partition coefficient (Wildman–Crippen LogP) is 3.45. The SMILES string of the molecule is CC.CCc1c[nH]c(C=NC(=N)c2cccc(OC)n2)c1. The van der Waals surface area contributed by atoms with E-state index in [2.05, 4.69) is 21.9 Å². The first-order chi connectivity index (χ1) is 10.2. The Kier molecular flexibility index (Phi) is 6.87. The maximum absolute atomic E-state index is 7.87. The van der Waals surface area contributed by atoms with Gasteiger partial charge in [0.2, 0.25) is 5.88 Å². The van der Waals surface area contributed by atoms with Crippen molar-refractivity contribution >= 4 is 12.1 Å². The van der Waals surface area contributed by atoms with Crippen LogP contribution in [-0.2, 0) is 6.42 Å². The summed E-state index contributed by atoms with van der Waals surface area (Å²) >= 11 is 0. The second kappa shape index (κ2) is 8.68. The van der Waals surface area contributed by atoms with E-state index in [1.54, 1.807) is 31.5 Å². The molecule has 0 saturated carbocycles. The van der Waals surface area contributed by atoms with E-state index >= 15 is 0 Å². The summed E-state index contributed by atoms with van der Waals surface area (Å²) in [5, 5.41) is 7.87. The van der Waals surface area contributed by atoms with Gasteiger partial charge < -0.3 is 9.72 Å². The number of nitrogens with one attached hydrogen (secondary N) is 2. The Balaban J connectivity index is 0.00000106. The van der Waals surface area contributed by atoms with Gasteiger partial charge in [0.25, 0.3) is 0 Å². The highest BCUT2D eigenvalue weighted by Crippen LogP contribution is 2.08. The minimum absolute atomic E-state index is 0.103. The average Bonchev–Trinajstić information content (AvgIpc) is 3.02. The monoisotopic (exact) mass is 286 g/mol. The lowest BCUT2D eigenvalue weighted by atomic mass is 10.2. The number of H-pyrrole nitrogens is 1. The number of aliphatic imine (C=N–C) groups is 1. The molecular formula is C16H22N4O. The lowest BCUT2D eigenvalue weighted by Crippen LogP contribution is -2.01. The van der Waals surface area contributed by atoms with Gasteiger partial charge in [-0.25, -0.2) is 9.98 Å². The Labute approximate surface area is 125 Å². The number of rotatable bonds is 4. The van der Waals surface area contributed by atoms with Gasteiger partial charge in [0.15, 0.2) is 5.84 Å². The molecule has 21 heavy (non-hydrogen) atoms. The minimum atomic E-state index is 0.103. The van der Waals surface area contributed by atoms with Crippen molar-refractivity contribution in [2.75, 3.05) is 7.11 Å². The topological polar surface area (TPSA) is 74.1 Å². The van der Waals surface area contributed by atoms with Gasteiger partial charge in [-0.3, -0.25) is 5.41 Å². The number of amidine groups is 1. The van der Waals surface area contributed by atoms with Crippen LogP contribution in [0.5, 0.6) is 5.88 Å². The molecule has 0 unspecified atom stereocenters. The lowest BCUT2D eigenvalue weighted by Gasteiger charge is -2.00. The van der Waals surface area contributed by atoms with Crippen molar-refractivity contribution < 1.29 is 4.74 Å². The van der Waals surface area contributed by atoms with Crippen LogP contribution in [0, 0.1) is 5.41 Å². The van der Waals surface area contributed by atoms with Crippen molar-refractivity contribution in [2.24, 2.45) is 4.99 Å². The molecule has 2 heterocycles. The summed E-state index contributed by atoms with van der Waals surface area (Å²) in [6, 6.07) is 7.26. The number of hydrogen-bond donors (Lipinski definition) is 2. The molecule has 0 saturated heterocycles. The number of aromatic nitrogens is 2. The number of ether oxygens (including phenoxy) is 1. The van der Waals surface area contributed by atoms with Crippen molar-refractivity contribution in [3.63, 3.8) is 0 Å². The molecule has 0 spiro atoms. The number of pyridine rings is 1. The van der Waals surface area contributed by atoms with Crippen LogP contribution in [-0.4, -0.2) is 29.1 Å². The van der Waals surface area contributed by atoms with Crippen LogP contribution >= 0.6 is 0 Å². The first-order valence-corrected chi connectivity index (χ1v) is 7.04. The predicted molar refractivity (Wildman–Crippen MR) is 86.7 cm³/mol. The summed E-state index contributed by atoms with van der Waals surface area (Å²) in [7, 11) is 1.55. The van der Waals surface area contributed by atoms with E-state index in [4.69, 9.17) is 10.1 Å². The van der Waals surface area contributed by atoms with Crippen LogP contribution in [0.15, 0.2) is 35.5 Å². The normalized spacial score (nSPS) is 10.1. The highest BCUT2D eigenvalue weighted by atomic mass is 16.5. The average molecular weight is 286 g/mol. The molecule has 2 rings (SSSR count). The fourth-order valence-electron chi connectivity index (χ4n) is 1.60. The highest BCUT2D eigenvalue weighted by molar-refractivity contribution is 6.01. The van der Waals surface area contributed by atoms with E-state index in [0.717, 1.165) is 12.1 Å². The summed E-state index contributed by atoms with van der Waals surface area (Å²) in [4.78, 5) is 11.3. The molecule has 0 aliphatic heterocycles. The number of aromatic amines is 1. The number of hydrogen-bond acceptors (Lipinski definition) is 3. The van der Waals surface area contributed by atoms with E-state index < -0.39 is 0 Å². The molecular weight excluding hydrogens is 264 g/mol. The fraction of sp³-hybridized carbons (Fsp3) is 0.312. The van der Waals surface area contributed by atoms with Crippen molar-refractivity contribution in [1.82, 2.24) is 9.97 Å². The third kappa shape index (κ3) is 4.87. The summed E-state index contributed by atoms with van der Waals surface area (Å²) in [5.41, 5.74) is 2.58. The van der Waals surface area contributed by atoms with E-state index in [1.807, 2.05) is 26.1 Å². The number of nitrogens with zero attached hydrogens (tertiary/aromatic N) is 2. The molecule has 0 radical (unpaired) electrons. The molecule has 0 amide bonds. The maximum Gasteiger partial charge on any atom is 0.213 e. The molecule has 0 aromatic carbocycles. The van der Waals surface area contributed by atoms with Crippen LogP contribution in [0.3, 0.4) is 0 Å². The van der Waals surface area contributed by atoms with Crippen molar-refractivity contribution in [3.05, 3.63) is 47.4 Å². The molecule has 0 aliphatic rings. The van der Waals surface area contributed by atoms with Crippen molar-refractivity contribution in [2.45, 2.75) is 27.2 Å². The second-order valence-corrected chi connectivity index (χ2v) is 3.99. The lowest BCUT2D eigenvalue weighted by molar-refractivity contribution is 0.397. The van der Waals surface area contributed by atoms with E-state index in [1.165, 1.54) is 5.56 Å². The van der Waals surface area contributed by atoms with E-state index in [0.29, 0.717) is 11.6 Å². The molecule has 5 heteroatoms. The van der Waals surface area contributed by atoms with Gasteiger partial charge in [0, 0.05) is 12.3 Å². The van der Waals surface area contributed by atoms with Crippen molar-refractivity contribution in [1.29, 1.82) is 5.41 Å². The molecule has 0 aliphatic carbocycles. The zero-order valence-corrected chi connectivity index (χ0v) is 13.0. The van der Waals surface area contributed by atoms with Crippen LogP contribution < -0.4 is 4.74 Å². The maximum atomic E-state index is 7.87. The fourth-order valence-corrected chi connectivity index (χ4v) is 1.60. The molecule has 0 bridgehead atoms. The minimum Gasteiger partial charge on any atom is -0.481 e. The van der Waals surface area contributed by atoms with Gasteiger partial charge >= 0.3 is 0 Å². The Hall–Kier alpha value is -2.43.